The molecule has 0 saturated carbocycles. The molecule has 0 radical (unpaired) electrons. The number of halogens is 2. The summed E-state index contributed by atoms with van der Waals surface area (Å²) in [6, 6.07) is 6.04. The first-order valence-corrected chi connectivity index (χ1v) is 10.6. The maximum atomic E-state index is 6.32. The summed E-state index contributed by atoms with van der Waals surface area (Å²) < 4.78 is 13.3. The molecule has 0 fully saturated rings. The van der Waals surface area contributed by atoms with Gasteiger partial charge in [-0.05, 0) is 57.4 Å². The highest BCUT2D eigenvalue weighted by Crippen LogP contribution is 2.38. The van der Waals surface area contributed by atoms with E-state index < -0.39 is 0 Å². The minimum atomic E-state index is 0. The van der Waals surface area contributed by atoms with Crippen LogP contribution in [0.1, 0.15) is 30.3 Å². The van der Waals surface area contributed by atoms with Gasteiger partial charge >= 0.3 is 0 Å². The molecule has 0 bridgehead atoms. The summed E-state index contributed by atoms with van der Waals surface area (Å²) in [5, 5.41) is 11.8. The lowest BCUT2D eigenvalue weighted by atomic mass is 10.1. The third kappa shape index (κ3) is 6.94. The van der Waals surface area contributed by atoms with E-state index in [0.29, 0.717) is 24.0 Å². The smallest absolute Gasteiger partial charge is 0.191 e. The standard InChI is InChI=1S/C21H30ClN5O2.HI/c1-4-23-21(24-7-5-9-27-16(3)12-15(2)26-27)25-8-6-17-13-18(22)20-19(14-17)28-10-11-29-20;/h12-14H,4-11H2,1-3H3,(H2,23,24,25);1H. The van der Waals surface area contributed by atoms with Crippen molar-refractivity contribution in [1.29, 1.82) is 0 Å². The van der Waals surface area contributed by atoms with Crippen molar-refractivity contribution >= 4 is 41.5 Å². The zero-order valence-corrected chi connectivity index (χ0v) is 20.9. The number of fused-ring (bicyclic) bond motifs is 1. The van der Waals surface area contributed by atoms with Crippen LogP contribution >= 0.6 is 35.6 Å². The average molecular weight is 548 g/mol. The van der Waals surface area contributed by atoms with Crippen molar-refractivity contribution in [2.45, 2.75) is 40.2 Å². The van der Waals surface area contributed by atoms with Crippen molar-refractivity contribution in [3.63, 3.8) is 0 Å². The molecule has 3 rings (SSSR count). The van der Waals surface area contributed by atoms with Crippen LogP contribution in [0.25, 0.3) is 0 Å². The van der Waals surface area contributed by atoms with E-state index in [1.807, 2.05) is 23.7 Å². The predicted octanol–water partition coefficient (Wildman–Crippen LogP) is 3.73. The van der Waals surface area contributed by atoms with Gasteiger partial charge in [-0.1, -0.05) is 11.6 Å². The molecule has 30 heavy (non-hydrogen) atoms. The second-order valence-corrected chi connectivity index (χ2v) is 7.45. The molecule has 2 heterocycles. The minimum absolute atomic E-state index is 0. The summed E-state index contributed by atoms with van der Waals surface area (Å²) in [7, 11) is 0. The van der Waals surface area contributed by atoms with Crippen molar-refractivity contribution < 1.29 is 9.47 Å². The van der Waals surface area contributed by atoms with Crippen molar-refractivity contribution in [3.8, 4) is 11.5 Å². The molecule has 0 amide bonds. The van der Waals surface area contributed by atoms with Crippen LogP contribution < -0.4 is 20.1 Å². The summed E-state index contributed by atoms with van der Waals surface area (Å²) in [4.78, 5) is 4.67. The molecule has 0 unspecified atom stereocenters. The van der Waals surface area contributed by atoms with Crippen LogP contribution in [0.15, 0.2) is 23.2 Å². The van der Waals surface area contributed by atoms with E-state index in [1.165, 1.54) is 5.69 Å². The van der Waals surface area contributed by atoms with E-state index in [2.05, 4.69) is 40.6 Å². The van der Waals surface area contributed by atoms with Gasteiger partial charge in [0.1, 0.15) is 13.2 Å². The number of hydrogen-bond acceptors (Lipinski definition) is 4. The highest BCUT2D eigenvalue weighted by atomic mass is 127. The molecular formula is C21H31ClIN5O2. The number of guanidine groups is 1. The first-order chi connectivity index (χ1) is 14.1. The van der Waals surface area contributed by atoms with Crippen molar-refractivity contribution in [3.05, 3.63) is 40.2 Å². The molecule has 0 aliphatic carbocycles. The second-order valence-electron chi connectivity index (χ2n) is 7.04. The quantitative estimate of drug-likeness (QED) is 0.228. The lowest BCUT2D eigenvalue weighted by Crippen LogP contribution is -2.38. The van der Waals surface area contributed by atoms with E-state index in [1.54, 1.807) is 0 Å². The monoisotopic (exact) mass is 547 g/mol. The molecule has 1 aliphatic rings. The van der Waals surface area contributed by atoms with E-state index >= 15 is 0 Å². The van der Waals surface area contributed by atoms with Gasteiger partial charge in [0.05, 0.1) is 10.7 Å². The van der Waals surface area contributed by atoms with Crippen LogP contribution in [0.3, 0.4) is 0 Å². The van der Waals surface area contributed by atoms with Crippen LogP contribution in [0.2, 0.25) is 5.02 Å². The Bertz CT molecular complexity index is 856. The summed E-state index contributed by atoms with van der Waals surface area (Å²) in [5.41, 5.74) is 3.35. The molecule has 1 aromatic heterocycles. The number of nitrogens with zero attached hydrogens (tertiary/aromatic N) is 3. The van der Waals surface area contributed by atoms with Gasteiger partial charge < -0.3 is 20.1 Å². The van der Waals surface area contributed by atoms with Crippen LogP contribution in [0.5, 0.6) is 11.5 Å². The van der Waals surface area contributed by atoms with Gasteiger partial charge in [-0.2, -0.15) is 5.10 Å². The molecule has 2 N–H and O–H groups in total. The lowest BCUT2D eigenvalue weighted by Gasteiger charge is -2.20. The third-order valence-electron chi connectivity index (χ3n) is 4.61. The van der Waals surface area contributed by atoms with Gasteiger partial charge in [-0.3, -0.25) is 9.67 Å². The largest absolute Gasteiger partial charge is 0.486 e. The predicted molar refractivity (Wildman–Crippen MR) is 132 cm³/mol. The molecule has 1 aromatic carbocycles. The van der Waals surface area contributed by atoms with Crippen LogP contribution in [0.4, 0.5) is 0 Å². The molecule has 0 saturated heterocycles. The van der Waals surface area contributed by atoms with Crippen molar-refractivity contribution in [2.75, 3.05) is 32.8 Å². The first-order valence-electron chi connectivity index (χ1n) is 10.2. The normalized spacial score (nSPS) is 13.0. The van der Waals surface area contributed by atoms with Gasteiger partial charge in [0.25, 0.3) is 0 Å². The van der Waals surface area contributed by atoms with Gasteiger partial charge in [0.15, 0.2) is 17.5 Å². The lowest BCUT2D eigenvalue weighted by molar-refractivity contribution is 0.171. The Labute approximate surface area is 200 Å². The molecule has 2 aromatic rings. The van der Waals surface area contributed by atoms with E-state index in [4.69, 9.17) is 21.1 Å². The molecule has 0 spiro atoms. The van der Waals surface area contributed by atoms with Gasteiger partial charge in [-0.25, -0.2) is 0 Å². The Hall–Kier alpha value is -1.68. The van der Waals surface area contributed by atoms with E-state index in [0.717, 1.165) is 62.0 Å². The van der Waals surface area contributed by atoms with E-state index in [9.17, 15) is 0 Å². The van der Waals surface area contributed by atoms with Gasteiger partial charge in [0.2, 0.25) is 0 Å². The van der Waals surface area contributed by atoms with Crippen molar-refractivity contribution in [2.24, 2.45) is 4.99 Å². The summed E-state index contributed by atoms with van der Waals surface area (Å²) >= 11 is 6.32. The summed E-state index contributed by atoms with van der Waals surface area (Å²) in [5.74, 6) is 2.19. The SMILES string of the molecule is CCNC(=NCCCn1nc(C)cc1C)NCCc1cc(Cl)c2c(c1)OCCO2.I. The molecule has 1 aliphatic heterocycles. The maximum absolute atomic E-state index is 6.32. The average Bonchev–Trinajstić information content (AvgIpc) is 3.02. The fourth-order valence-corrected chi connectivity index (χ4v) is 3.58. The number of ether oxygens (including phenoxy) is 2. The van der Waals surface area contributed by atoms with Gasteiger partial charge in [-0.15, -0.1) is 24.0 Å². The Kier molecular flexibility index (Phi) is 10.0. The summed E-state index contributed by atoms with van der Waals surface area (Å²) in [6.45, 7) is 10.4. The zero-order chi connectivity index (χ0) is 20.6. The van der Waals surface area contributed by atoms with Crippen molar-refractivity contribution in [1.82, 2.24) is 20.4 Å². The Morgan fingerprint density at radius 3 is 2.73 bits per heavy atom. The maximum Gasteiger partial charge on any atom is 0.191 e. The van der Waals surface area contributed by atoms with Gasteiger partial charge in [0, 0.05) is 31.9 Å². The Morgan fingerprint density at radius 2 is 2.00 bits per heavy atom. The Balaban J connectivity index is 0.00000320. The number of benzene rings is 1. The summed E-state index contributed by atoms with van der Waals surface area (Å²) in [6.07, 6.45) is 1.75. The van der Waals surface area contributed by atoms with Crippen LogP contribution in [-0.4, -0.2) is 48.6 Å². The number of aromatic nitrogens is 2. The van der Waals surface area contributed by atoms with E-state index in [-0.39, 0.29) is 24.0 Å². The molecule has 0 atom stereocenters. The highest BCUT2D eigenvalue weighted by Gasteiger charge is 2.16. The fourth-order valence-electron chi connectivity index (χ4n) is 3.29. The molecule has 9 heteroatoms. The number of aryl methyl sites for hydroxylation is 3. The first kappa shape index (κ1) is 24.6. The molecular weight excluding hydrogens is 517 g/mol. The Morgan fingerprint density at radius 1 is 1.20 bits per heavy atom. The number of nitrogens with one attached hydrogen (secondary N) is 2. The molecule has 166 valence electrons. The van der Waals surface area contributed by atoms with Crippen LogP contribution in [0, 0.1) is 13.8 Å². The fraction of sp³-hybridized carbons (Fsp3) is 0.524. The molecule has 7 nitrogen and oxygen atoms in total. The third-order valence-corrected chi connectivity index (χ3v) is 4.89. The minimum Gasteiger partial charge on any atom is -0.486 e. The second kappa shape index (κ2) is 12.2. The van der Waals surface area contributed by atoms with Crippen LogP contribution in [-0.2, 0) is 13.0 Å². The topological polar surface area (TPSA) is 72.7 Å². The highest BCUT2D eigenvalue weighted by molar-refractivity contribution is 14.0. The zero-order valence-electron chi connectivity index (χ0n) is 17.8. The number of aliphatic imine (C=N–C) groups is 1. The number of hydrogen-bond donors (Lipinski definition) is 2. The number of rotatable bonds is 8.